The van der Waals surface area contributed by atoms with Gasteiger partial charge in [-0.25, -0.2) is 14.8 Å². The molecular formula is C12H16N4O2S. The fourth-order valence-electron chi connectivity index (χ4n) is 1.54. The smallest absolute Gasteiger partial charge is 0.357 e. The van der Waals surface area contributed by atoms with Crippen molar-refractivity contribution in [3.05, 3.63) is 29.3 Å². The van der Waals surface area contributed by atoms with Gasteiger partial charge in [0.25, 0.3) is 0 Å². The van der Waals surface area contributed by atoms with Crippen molar-refractivity contribution in [2.24, 2.45) is 0 Å². The van der Waals surface area contributed by atoms with Crippen molar-refractivity contribution < 1.29 is 9.53 Å². The van der Waals surface area contributed by atoms with Crippen molar-refractivity contribution in [1.29, 1.82) is 0 Å². The maximum atomic E-state index is 11.4. The minimum absolute atomic E-state index is 0.361. The van der Waals surface area contributed by atoms with Crippen molar-refractivity contribution in [1.82, 2.24) is 15.0 Å². The van der Waals surface area contributed by atoms with Gasteiger partial charge in [-0.2, -0.15) is 0 Å². The number of esters is 1. The molecule has 0 aromatic carbocycles. The first-order valence-corrected chi connectivity index (χ1v) is 7.02. The number of nitrogens with one attached hydrogen (secondary N) is 2. The van der Waals surface area contributed by atoms with Gasteiger partial charge in [-0.3, -0.25) is 0 Å². The Kier molecular flexibility index (Phi) is 4.91. The summed E-state index contributed by atoms with van der Waals surface area (Å²) in [4.78, 5) is 22.8. The highest BCUT2D eigenvalue weighted by molar-refractivity contribution is 7.13. The Morgan fingerprint density at radius 3 is 3.21 bits per heavy atom. The summed E-state index contributed by atoms with van der Waals surface area (Å²) in [6.07, 6.45) is 5.39. The molecule has 6 nitrogen and oxygen atoms in total. The van der Waals surface area contributed by atoms with Crippen LogP contribution in [-0.4, -0.2) is 34.1 Å². The van der Waals surface area contributed by atoms with Gasteiger partial charge in [-0.1, -0.05) is 0 Å². The van der Waals surface area contributed by atoms with E-state index in [2.05, 4.69) is 20.3 Å². The molecule has 0 unspecified atom stereocenters. The van der Waals surface area contributed by atoms with Crippen molar-refractivity contribution >= 4 is 22.4 Å². The summed E-state index contributed by atoms with van der Waals surface area (Å²) in [6, 6.07) is 0. The molecule has 0 aliphatic heterocycles. The Hall–Kier alpha value is -1.89. The number of H-pyrrole nitrogens is 1. The molecule has 0 saturated heterocycles. The molecule has 0 amide bonds. The second-order valence-electron chi connectivity index (χ2n) is 3.82. The average Bonchev–Trinajstić information content (AvgIpc) is 3.06. The lowest BCUT2D eigenvalue weighted by molar-refractivity contribution is 0.0520. The number of anilines is 1. The van der Waals surface area contributed by atoms with Crippen LogP contribution in [-0.2, 0) is 11.2 Å². The second kappa shape index (κ2) is 6.89. The van der Waals surface area contributed by atoms with Crippen molar-refractivity contribution in [2.45, 2.75) is 19.8 Å². The summed E-state index contributed by atoms with van der Waals surface area (Å²) in [7, 11) is 0. The molecule has 2 aromatic heterocycles. The number of ether oxygens (including phenoxy) is 1. The number of aromatic amines is 1. The van der Waals surface area contributed by atoms with Gasteiger partial charge in [0.1, 0.15) is 5.82 Å². The lowest BCUT2D eigenvalue weighted by atomic mass is 10.3. The molecule has 0 spiro atoms. The minimum atomic E-state index is -0.373. The number of aromatic nitrogens is 3. The third-order valence-corrected chi connectivity index (χ3v) is 3.21. The first kappa shape index (κ1) is 13.5. The number of carbonyl (C=O) groups excluding carboxylic acids is 1. The van der Waals surface area contributed by atoms with Crippen molar-refractivity contribution in [3.63, 3.8) is 0 Å². The lowest BCUT2D eigenvalue weighted by Crippen LogP contribution is -2.06. The summed E-state index contributed by atoms with van der Waals surface area (Å²) in [5.74, 6) is 0.607. The van der Waals surface area contributed by atoms with Gasteiger partial charge in [-0.05, 0) is 13.3 Å². The third kappa shape index (κ3) is 4.06. The highest BCUT2D eigenvalue weighted by Crippen LogP contribution is 2.16. The zero-order valence-electron chi connectivity index (χ0n) is 10.7. The van der Waals surface area contributed by atoms with E-state index in [9.17, 15) is 4.79 Å². The van der Waals surface area contributed by atoms with Crippen LogP contribution in [0, 0.1) is 0 Å². The molecule has 0 radical (unpaired) electrons. The lowest BCUT2D eigenvalue weighted by Gasteiger charge is -2.01. The predicted octanol–water partition coefficient (Wildman–Crippen LogP) is 2.09. The summed E-state index contributed by atoms with van der Waals surface area (Å²) < 4.78 is 4.88. The van der Waals surface area contributed by atoms with E-state index in [-0.39, 0.29) is 5.97 Å². The Morgan fingerprint density at radius 1 is 1.58 bits per heavy atom. The molecule has 0 aliphatic rings. The monoisotopic (exact) mass is 280 g/mol. The van der Waals surface area contributed by atoms with Crippen molar-refractivity contribution in [3.8, 4) is 0 Å². The maximum Gasteiger partial charge on any atom is 0.357 e. The number of hydrogen-bond donors (Lipinski definition) is 2. The number of thiazole rings is 1. The van der Waals surface area contributed by atoms with E-state index >= 15 is 0 Å². The van der Waals surface area contributed by atoms with E-state index in [4.69, 9.17) is 4.74 Å². The van der Waals surface area contributed by atoms with Crippen LogP contribution in [0.15, 0.2) is 17.8 Å². The summed E-state index contributed by atoms with van der Waals surface area (Å²) in [6.45, 7) is 2.93. The molecule has 2 N–H and O–H groups in total. The Morgan fingerprint density at radius 2 is 2.47 bits per heavy atom. The highest BCUT2D eigenvalue weighted by Gasteiger charge is 2.10. The van der Waals surface area contributed by atoms with Gasteiger partial charge >= 0.3 is 5.97 Å². The molecular weight excluding hydrogens is 264 g/mol. The topological polar surface area (TPSA) is 79.9 Å². The molecule has 2 aromatic rings. The number of rotatable bonds is 7. The molecule has 0 atom stereocenters. The van der Waals surface area contributed by atoms with Gasteiger partial charge in [0.2, 0.25) is 0 Å². The second-order valence-corrected chi connectivity index (χ2v) is 4.68. The molecule has 0 aliphatic carbocycles. The summed E-state index contributed by atoms with van der Waals surface area (Å²) >= 11 is 1.41. The molecule has 2 rings (SSSR count). The van der Waals surface area contributed by atoms with Gasteiger partial charge in [0.05, 0.1) is 6.61 Å². The van der Waals surface area contributed by atoms with Gasteiger partial charge in [-0.15, -0.1) is 11.3 Å². The van der Waals surface area contributed by atoms with Crippen molar-refractivity contribution in [2.75, 3.05) is 18.5 Å². The van der Waals surface area contributed by atoms with E-state index < -0.39 is 0 Å². The Balaban J connectivity index is 1.72. The van der Waals surface area contributed by atoms with E-state index in [1.54, 1.807) is 18.5 Å². The first-order valence-electron chi connectivity index (χ1n) is 6.14. The first-order chi connectivity index (χ1) is 9.29. The number of nitrogens with zero attached hydrogens (tertiary/aromatic N) is 2. The summed E-state index contributed by atoms with van der Waals surface area (Å²) in [5.41, 5.74) is 0.361. The van der Waals surface area contributed by atoms with Crippen LogP contribution in [0.25, 0.3) is 0 Å². The van der Waals surface area contributed by atoms with Gasteiger partial charge < -0.3 is 15.0 Å². The molecule has 0 fully saturated rings. The number of imidazole rings is 1. The Bertz CT molecular complexity index is 510. The van der Waals surface area contributed by atoms with Gasteiger partial charge in [0.15, 0.2) is 10.8 Å². The van der Waals surface area contributed by atoms with Crippen LogP contribution < -0.4 is 5.32 Å². The summed E-state index contributed by atoms with van der Waals surface area (Å²) in [5, 5.41) is 5.62. The van der Waals surface area contributed by atoms with Crippen LogP contribution in [0.2, 0.25) is 0 Å². The van der Waals surface area contributed by atoms with E-state index in [0.29, 0.717) is 12.3 Å². The largest absolute Gasteiger partial charge is 0.461 e. The molecule has 102 valence electrons. The standard InChI is InChI=1S/C12H16N4O2S/c1-2-18-11(17)9-8-19-12(16-9)15-5-3-4-10-13-6-7-14-10/h6-8H,2-5H2,1H3,(H,13,14)(H,15,16). The van der Waals surface area contributed by atoms with E-state index in [1.807, 2.05) is 6.20 Å². The fraction of sp³-hybridized carbons (Fsp3) is 0.417. The van der Waals surface area contributed by atoms with Crippen LogP contribution in [0.5, 0.6) is 0 Å². The van der Waals surface area contributed by atoms with Crippen LogP contribution in [0.3, 0.4) is 0 Å². The molecule has 7 heteroatoms. The molecule has 2 heterocycles. The zero-order valence-corrected chi connectivity index (χ0v) is 11.5. The fourth-order valence-corrected chi connectivity index (χ4v) is 2.25. The van der Waals surface area contributed by atoms with Crippen LogP contribution >= 0.6 is 11.3 Å². The molecule has 0 saturated carbocycles. The third-order valence-electron chi connectivity index (χ3n) is 2.41. The Labute approximate surface area is 115 Å². The predicted molar refractivity (Wildman–Crippen MR) is 73.5 cm³/mol. The highest BCUT2D eigenvalue weighted by atomic mass is 32.1. The number of hydrogen-bond acceptors (Lipinski definition) is 6. The zero-order chi connectivity index (χ0) is 13.5. The average molecular weight is 280 g/mol. The normalized spacial score (nSPS) is 10.4. The van der Waals surface area contributed by atoms with E-state index in [0.717, 1.165) is 30.3 Å². The van der Waals surface area contributed by atoms with Gasteiger partial charge in [0, 0.05) is 30.7 Å². The van der Waals surface area contributed by atoms with E-state index in [1.165, 1.54) is 11.3 Å². The maximum absolute atomic E-state index is 11.4. The molecule has 19 heavy (non-hydrogen) atoms. The quantitative estimate of drug-likeness (QED) is 0.599. The van der Waals surface area contributed by atoms with Crippen LogP contribution in [0.4, 0.5) is 5.13 Å². The van der Waals surface area contributed by atoms with Crippen LogP contribution in [0.1, 0.15) is 29.7 Å². The molecule has 0 bridgehead atoms. The number of aryl methyl sites for hydroxylation is 1. The SMILES string of the molecule is CCOC(=O)c1csc(NCCCc2ncc[nH]2)n1. The number of carbonyl (C=O) groups is 1. The minimum Gasteiger partial charge on any atom is -0.461 e.